The van der Waals surface area contributed by atoms with Gasteiger partial charge in [-0.25, -0.2) is 13.1 Å². The summed E-state index contributed by atoms with van der Waals surface area (Å²) < 4.78 is 29.8. The molecule has 13 heteroatoms. The number of aromatic nitrogens is 5. The Morgan fingerprint density at radius 2 is 1.94 bits per heavy atom. The summed E-state index contributed by atoms with van der Waals surface area (Å²) in [5.74, 6) is 6.85. The van der Waals surface area contributed by atoms with Gasteiger partial charge >= 0.3 is 0 Å². The number of nitrogen functional groups attached to an aromatic ring is 1. The zero-order valence-electron chi connectivity index (χ0n) is 18.3. The SMILES string of the molecule is CCN(CC)S(=O)(=O)c1cccc(-c2nnc(SCC(=O)Nc3cc(C)nn3C)n2N)c1. The first-order valence-corrected chi connectivity index (χ1v) is 12.3. The van der Waals surface area contributed by atoms with Crippen molar-refractivity contribution in [2.24, 2.45) is 7.05 Å². The maximum atomic E-state index is 12.8. The van der Waals surface area contributed by atoms with Crippen LogP contribution in [0.5, 0.6) is 0 Å². The lowest BCUT2D eigenvalue weighted by molar-refractivity contribution is -0.113. The summed E-state index contributed by atoms with van der Waals surface area (Å²) in [7, 11) is -1.88. The van der Waals surface area contributed by atoms with Crippen LogP contribution in [0.4, 0.5) is 5.82 Å². The topological polar surface area (TPSA) is 141 Å². The van der Waals surface area contributed by atoms with E-state index < -0.39 is 10.0 Å². The van der Waals surface area contributed by atoms with Crippen LogP contribution >= 0.6 is 11.8 Å². The molecule has 1 amide bonds. The summed E-state index contributed by atoms with van der Waals surface area (Å²) in [6, 6.07) is 8.17. The number of hydrogen-bond acceptors (Lipinski definition) is 8. The number of thioether (sulfide) groups is 1. The van der Waals surface area contributed by atoms with Crippen molar-refractivity contribution in [1.29, 1.82) is 0 Å². The largest absolute Gasteiger partial charge is 0.335 e. The van der Waals surface area contributed by atoms with E-state index in [4.69, 9.17) is 5.84 Å². The summed E-state index contributed by atoms with van der Waals surface area (Å²) in [6.07, 6.45) is 0. The highest BCUT2D eigenvalue weighted by molar-refractivity contribution is 7.99. The molecule has 172 valence electrons. The molecule has 3 rings (SSSR count). The second-order valence-electron chi connectivity index (χ2n) is 6.92. The van der Waals surface area contributed by atoms with Gasteiger partial charge in [0.1, 0.15) is 5.82 Å². The van der Waals surface area contributed by atoms with Crippen molar-refractivity contribution in [2.75, 3.05) is 30.0 Å². The zero-order chi connectivity index (χ0) is 23.5. The number of nitrogens with zero attached hydrogens (tertiary/aromatic N) is 6. The first-order valence-electron chi connectivity index (χ1n) is 9.91. The molecule has 11 nitrogen and oxygen atoms in total. The standard InChI is InChI=1S/C19H26N8O3S2/c1-5-26(6-2)32(29,30)15-9-7-8-14(11-15)18-22-23-19(27(18)20)31-12-17(28)21-16-10-13(3)24-25(16)4/h7-11H,5-6,12,20H2,1-4H3,(H,21,28). The van der Waals surface area contributed by atoms with Crippen LogP contribution < -0.4 is 11.2 Å². The van der Waals surface area contributed by atoms with Crippen molar-refractivity contribution in [2.45, 2.75) is 30.8 Å². The van der Waals surface area contributed by atoms with E-state index in [-0.39, 0.29) is 16.6 Å². The van der Waals surface area contributed by atoms with E-state index in [1.165, 1.54) is 21.1 Å². The molecular formula is C19H26N8O3S2. The van der Waals surface area contributed by atoms with Gasteiger partial charge in [0.25, 0.3) is 0 Å². The van der Waals surface area contributed by atoms with Crippen LogP contribution in [0.25, 0.3) is 11.4 Å². The van der Waals surface area contributed by atoms with E-state index in [0.717, 1.165) is 17.5 Å². The Morgan fingerprint density at radius 3 is 2.56 bits per heavy atom. The quantitative estimate of drug-likeness (QED) is 0.348. The summed E-state index contributed by atoms with van der Waals surface area (Å²) >= 11 is 1.12. The second kappa shape index (κ2) is 9.71. The fourth-order valence-corrected chi connectivity index (χ4v) is 5.28. The van der Waals surface area contributed by atoms with Gasteiger partial charge in [0.2, 0.25) is 21.1 Å². The first kappa shape index (κ1) is 23.8. The molecule has 2 aromatic heterocycles. The maximum absolute atomic E-state index is 12.8. The lowest BCUT2D eigenvalue weighted by Crippen LogP contribution is -2.30. The minimum atomic E-state index is -3.62. The predicted molar refractivity (Wildman–Crippen MR) is 123 cm³/mol. The molecular weight excluding hydrogens is 452 g/mol. The Kier molecular flexibility index (Phi) is 7.21. The molecule has 32 heavy (non-hydrogen) atoms. The van der Waals surface area contributed by atoms with Gasteiger partial charge in [0, 0.05) is 31.8 Å². The smallest absolute Gasteiger partial charge is 0.243 e. The average molecular weight is 479 g/mol. The van der Waals surface area contributed by atoms with Crippen molar-refractivity contribution in [3.05, 3.63) is 36.0 Å². The molecule has 0 fully saturated rings. The fourth-order valence-electron chi connectivity index (χ4n) is 3.12. The van der Waals surface area contributed by atoms with Crippen LogP contribution in [-0.4, -0.2) is 62.1 Å². The van der Waals surface area contributed by atoms with Crippen molar-refractivity contribution in [3.63, 3.8) is 0 Å². The van der Waals surface area contributed by atoms with Crippen molar-refractivity contribution >= 4 is 33.5 Å². The molecule has 0 unspecified atom stereocenters. The second-order valence-corrected chi connectivity index (χ2v) is 9.81. The predicted octanol–water partition coefficient (Wildman–Crippen LogP) is 1.46. The maximum Gasteiger partial charge on any atom is 0.243 e. The highest BCUT2D eigenvalue weighted by Crippen LogP contribution is 2.25. The highest BCUT2D eigenvalue weighted by Gasteiger charge is 2.23. The number of rotatable bonds is 9. The van der Waals surface area contributed by atoms with E-state index in [1.54, 1.807) is 43.8 Å². The van der Waals surface area contributed by atoms with Crippen LogP contribution in [0.1, 0.15) is 19.5 Å². The molecule has 0 radical (unpaired) electrons. The molecule has 1 aromatic carbocycles. The van der Waals surface area contributed by atoms with Gasteiger partial charge in [-0.2, -0.15) is 9.40 Å². The molecule has 0 saturated carbocycles. The van der Waals surface area contributed by atoms with E-state index in [9.17, 15) is 13.2 Å². The Morgan fingerprint density at radius 1 is 1.22 bits per heavy atom. The summed E-state index contributed by atoms with van der Waals surface area (Å²) in [5, 5.41) is 15.4. The molecule has 0 atom stereocenters. The first-order chi connectivity index (χ1) is 15.2. The van der Waals surface area contributed by atoms with Crippen LogP contribution in [0, 0.1) is 6.92 Å². The zero-order valence-corrected chi connectivity index (χ0v) is 19.9. The normalized spacial score (nSPS) is 11.8. The fraction of sp³-hybridized carbons (Fsp3) is 0.368. The molecule has 2 heterocycles. The van der Waals surface area contributed by atoms with Crippen molar-refractivity contribution in [3.8, 4) is 11.4 Å². The monoisotopic (exact) mass is 478 g/mol. The third-order valence-corrected chi connectivity index (χ3v) is 7.69. The number of nitrogens with one attached hydrogen (secondary N) is 1. The van der Waals surface area contributed by atoms with Gasteiger partial charge in [0.15, 0.2) is 5.82 Å². The van der Waals surface area contributed by atoms with Gasteiger partial charge < -0.3 is 11.2 Å². The Balaban J connectivity index is 1.75. The number of aryl methyl sites for hydroxylation is 2. The molecule has 0 bridgehead atoms. The number of benzene rings is 1. The molecule has 3 aromatic rings. The van der Waals surface area contributed by atoms with Gasteiger partial charge in [0.05, 0.1) is 16.3 Å². The number of sulfonamides is 1. The van der Waals surface area contributed by atoms with Gasteiger partial charge in [-0.3, -0.25) is 9.48 Å². The van der Waals surface area contributed by atoms with Gasteiger partial charge in [-0.15, -0.1) is 10.2 Å². The van der Waals surface area contributed by atoms with Gasteiger partial charge in [-0.1, -0.05) is 37.7 Å². The molecule has 0 aliphatic carbocycles. The molecule has 0 spiro atoms. The van der Waals surface area contributed by atoms with Crippen LogP contribution in [0.3, 0.4) is 0 Å². The van der Waals surface area contributed by atoms with Crippen molar-refractivity contribution in [1.82, 2.24) is 29.0 Å². The summed E-state index contributed by atoms with van der Waals surface area (Å²) in [6.45, 7) is 6.16. The Bertz CT molecular complexity index is 1220. The van der Waals surface area contributed by atoms with Crippen molar-refractivity contribution < 1.29 is 13.2 Å². The lowest BCUT2D eigenvalue weighted by atomic mass is 10.2. The number of anilines is 1. The number of nitrogens with two attached hydrogens (primary N) is 1. The number of hydrogen-bond donors (Lipinski definition) is 2. The van der Waals surface area contributed by atoms with E-state index >= 15 is 0 Å². The third kappa shape index (κ3) is 4.95. The number of carbonyl (C=O) groups excluding carboxylic acids is 1. The molecule has 0 aliphatic heterocycles. The number of amides is 1. The third-order valence-electron chi connectivity index (χ3n) is 4.70. The number of carbonyl (C=O) groups is 1. The summed E-state index contributed by atoms with van der Waals surface area (Å²) in [5.41, 5.74) is 1.31. The summed E-state index contributed by atoms with van der Waals surface area (Å²) in [4.78, 5) is 12.4. The van der Waals surface area contributed by atoms with E-state index in [1.807, 2.05) is 6.92 Å². The molecule has 3 N–H and O–H groups in total. The lowest BCUT2D eigenvalue weighted by Gasteiger charge is -2.18. The van der Waals surface area contributed by atoms with Crippen LogP contribution in [0.15, 0.2) is 40.4 Å². The molecule has 0 aliphatic rings. The molecule has 0 saturated heterocycles. The van der Waals surface area contributed by atoms with Gasteiger partial charge in [-0.05, 0) is 19.1 Å². The van der Waals surface area contributed by atoms with Crippen LogP contribution in [0.2, 0.25) is 0 Å². The average Bonchev–Trinajstić information content (AvgIpc) is 3.28. The van der Waals surface area contributed by atoms with E-state index in [0.29, 0.717) is 35.5 Å². The minimum absolute atomic E-state index is 0.0654. The Labute approximate surface area is 191 Å². The van der Waals surface area contributed by atoms with Crippen LogP contribution in [-0.2, 0) is 21.9 Å². The van der Waals surface area contributed by atoms with E-state index in [2.05, 4.69) is 20.6 Å². The minimum Gasteiger partial charge on any atom is -0.335 e. The highest BCUT2D eigenvalue weighted by atomic mass is 32.2. The Hall–Kier alpha value is -2.90.